The second-order valence-electron chi connectivity index (χ2n) is 9.93. The number of hydrogen-bond donors (Lipinski definition) is 0. The van der Waals surface area contributed by atoms with Gasteiger partial charge < -0.3 is 33.2 Å². The highest BCUT2D eigenvalue weighted by Crippen LogP contribution is 2.31. The largest absolute Gasteiger partial charge is 0.454 e. The summed E-state index contributed by atoms with van der Waals surface area (Å²) >= 11 is 0. The highest BCUT2D eigenvalue weighted by molar-refractivity contribution is 5.66. The summed E-state index contributed by atoms with van der Waals surface area (Å²) in [6.07, 6.45) is -3.57. The predicted octanol–water partition coefficient (Wildman–Crippen LogP) is 4.45. The van der Waals surface area contributed by atoms with Crippen LogP contribution < -0.4 is 0 Å². The van der Waals surface area contributed by atoms with Gasteiger partial charge in [0.2, 0.25) is 0 Å². The summed E-state index contributed by atoms with van der Waals surface area (Å²) in [4.78, 5) is 12.2. The SMILES string of the molecule is CC(=O)O[C@H]1[C@H](OC[C@H]2CO2)O[C@H](COCc2ccccc2)[C@@H](OCc2ccccc2)[C@@H]1OCc1ccccc1. The van der Waals surface area contributed by atoms with E-state index >= 15 is 0 Å². The molecule has 0 bridgehead atoms. The number of rotatable bonds is 14. The van der Waals surface area contributed by atoms with E-state index in [9.17, 15) is 4.79 Å². The number of hydrogen-bond acceptors (Lipinski definition) is 8. The second kappa shape index (κ2) is 14.5. The predicted molar refractivity (Wildman–Crippen MR) is 146 cm³/mol. The van der Waals surface area contributed by atoms with E-state index in [4.69, 9.17) is 33.2 Å². The molecular weight excluding hydrogens is 512 g/mol. The molecule has 2 saturated heterocycles. The van der Waals surface area contributed by atoms with E-state index in [0.29, 0.717) is 33.0 Å². The zero-order valence-electron chi connectivity index (χ0n) is 22.6. The first kappa shape index (κ1) is 28.4. The highest BCUT2D eigenvalue weighted by atomic mass is 16.7. The lowest BCUT2D eigenvalue weighted by Gasteiger charge is -2.45. The standard InChI is InChI=1S/C32H36O8/c1-23(33)39-31-30(37-19-26-15-9-4-10-16-26)29(36-18-25-13-7-3-8-14-25)28(40-32(31)38-21-27-20-35-27)22-34-17-24-11-5-2-6-12-24/h2-16,27-32H,17-22H2,1H3/t27-,28-,29-,30+,31-,32-/m1/s1. The molecule has 3 aromatic carbocycles. The molecule has 2 heterocycles. The van der Waals surface area contributed by atoms with E-state index in [1.807, 2.05) is 91.0 Å². The van der Waals surface area contributed by atoms with Crippen LogP contribution in [0.3, 0.4) is 0 Å². The quantitative estimate of drug-likeness (QED) is 0.216. The molecule has 0 spiro atoms. The molecule has 0 saturated carbocycles. The van der Waals surface area contributed by atoms with E-state index < -0.39 is 36.7 Å². The van der Waals surface area contributed by atoms with Gasteiger partial charge in [-0.3, -0.25) is 4.79 Å². The number of ether oxygens (including phenoxy) is 7. The summed E-state index contributed by atoms with van der Waals surface area (Å²) < 4.78 is 42.7. The molecule has 0 aromatic heterocycles. The third-order valence-electron chi connectivity index (χ3n) is 6.71. The normalized spacial score (nSPS) is 25.8. The Morgan fingerprint density at radius 1 is 0.700 bits per heavy atom. The zero-order chi connectivity index (χ0) is 27.6. The number of carbonyl (C=O) groups is 1. The van der Waals surface area contributed by atoms with Gasteiger partial charge in [0.1, 0.15) is 24.4 Å². The van der Waals surface area contributed by atoms with Crippen LogP contribution in [-0.4, -0.2) is 62.6 Å². The monoisotopic (exact) mass is 548 g/mol. The molecule has 0 N–H and O–H groups in total. The van der Waals surface area contributed by atoms with Crippen molar-refractivity contribution in [2.75, 3.05) is 19.8 Å². The van der Waals surface area contributed by atoms with E-state index in [-0.39, 0.29) is 12.7 Å². The molecule has 3 aromatic rings. The van der Waals surface area contributed by atoms with Gasteiger partial charge in [0.05, 0.1) is 39.6 Å². The topological polar surface area (TPSA) is 85.0 Å². The first-order valence-electron chi connectivity index (χ1n) is 13.6. The van der Waals surface area contributed by atoms with Crippen LogP contribution >= 0.6 is 0 Å². The van der Waals surface area contributed by atoms with Crippen LogP contribution in [0.2, 0.25) is 0 Å². The van der Waals surface area contributed by atoms with Crippen molar-refractivity contribution in [3.05, 3.63) is 108 Å². The molecule has 0 unspecified atom stereocenters. The summed E-state index contributed by atoms with van der Waals surface area (Å²) in [5.74, 6) is -0.459. The van der Waals surface area contributed by atoms with Crippen molar-refractivity contribution < 1.29 is 38.0 Å². The molecule has 6 atom stereocenters. The van der Waals surface area contributed by atoms with Gasteiger partial charge in [-0.15, -0.1) is 0 Å². The minimum absolute atomic E-state index is 0.00472. The second-order valence-corrected chi connectivity index (χ2v) is 9.93. The van der Waals surface area contributed by atoms with Crippen LogP contribution in [-0.2, 0) is 57.8 Å². The summed E-state index contributed by atoms with van der Waals surface area (Å²) in [5, 5.41) is 0. The minimum atomic E-state index is -0.879. The van der Waals surface area contributed by atoms with Crippen molar-refractivity contribution >= 4 is 5.97 Å². The van der Waals surface area contributed by atoms with Crippen molar-refractivity contribution in [2.45, 2.75) is 63.6 Å². The lowest BCUT2D eigenvalue weighted by Crippen LogP contribution is -2.62. The summed E-state index contributed by atoms with van der Waals surface area (Å²) in [5.41, 5.74) is 3.04. The Morgan fingerprint density at radius 2 is 1.23 bits per heavy atom. The van der Waals surface area contributed by atoms with Crippen LogP contribution in [0.25, 0.3) is 0 Å². The van der Waals surface area contributed by atoms with Crippen molar-refractivity contribution in [3.8, 4) is 0 Å². The maximum Gasteiger partial charge on any atom is 0.303 e. The van der Waals surface area contributed by atoms with Gasteiger partial charge in [-0.2, -0.15) is 0 Å². The third-order valence-corrected chi connectivity index (χ3v) is 6.71. The van der Waals surface area contributed by atoms with Crippen molar-refractivity contribution in [1.29, 1.82) is 0 Å². The Balaban J connectivity index is 1.39. The van der Waals surface area contributed by atoms with Crippen molar-refractivity contribution in [2.24, 2.45) is 0 Å². The molecule has 0 radical (unpaired) electrons. The van der Waals surface area contributed by atoms with Gasteiger partial charge in [-0.05, 0) is 16.7 Å². The van der Waals surface area contributed by atoms with Gasteiger partial charge >= 0.3 is 5.97 Å². The Labute approximate surface area is 235 Å². The lowest BCUT2D eigenvalue weighted by molar-refractivity contribution is -0.321. The Bertz CT molecular complexity index is 1160. The van der Waals surface area contributed by atoms with Gasteiger partial charge in [-0.25, -0.2) is 0 Å². The van der Waals surface area contributed by atoms with Gasteiger partial charge in [-0.1, -0.05) is 91.0 Å². The average Bonchev–Trinajstić information content (AvgIpc) is 3.81. The third kappa shape index (κ3) is 8.44. The van der Waals surface area contributed by atoms with Crippen LogP contribution in [0.1, 0.15) is 23.6 Å². The van der Waals surface area contributed by atoms with E-state index in [0.717, 1.165) is 16.7 Å². The van der Waals surface area contributed by atoms with Crippen LogP contribution in [0.5, 0.6) is 0 Å². The molecule has 212 valence electrons. The van der Waals surface area contributed by atoms with Crippen LogP contribution in [0, 0.1) is 0 Å². The summed E-state index contributed by atoms with van der Waals surface area (Å²) in [6.45, 7) is 3.58. The Kier molecular flexibility index (Phi) is 10.3. The number of esters is 1. The molecule has 2 aliphatic rings. The van der Waals surface area contributed by atoms with Crippen LogP contribution in [0.4, 0.5) is 0 Å². The van der Waals surface area contributed by atoms with Crippen molar-refractivity contribution in [1.82, 2.24) is 0 Å². The fraction of sp³-hybridized carbons (Fsp3) is 0.406. The number of carbonyl (C=O) groups excluding carboxylic acids is 1. The number of epoxide rings is 1. The molecule has 2 fully saturated rings. The maximum absolute atomic E-state index is 12.2. The van der Waals surface area contributed by atoms with E-state index in [1.54, 1.807) is 0 Å². The minimum Gasteiger partial charge on any atom is -0.454 e. The maximum atomic E-state index is 12.2. The highest BCUT2D eigenvalue weighted by Gasteiger charge is 2.50. The fourth-order valence-corrected chi connectivity index (χ4v) is 4.62. The molecule has 5 rings (SSSR count). The molecule has 8 nitrogen and oxygen atoms in total. The molecule has 8 heteroatoms. The molecule has 0 amide bonds. The zero-order valence-corrected chi connectivity index (χ0v) is 22.6. The van der Waals surface area contributed by atoms with Crippen LogP contribution in [0.15, 0.2) is 91.0 Å². The summed E-state index contributed by atoms with van der Waals surface area (Å²) in [6, 6.07) is 29.6. The van der Waals surface area contributed by atoms with Crippen molar-refractivity contribution in [3.63, 3.8) is 0 Å². The molecular formula is C32H36O8. The van der Waals surface area contributed by atoms with Gasteiger partial charge in [0.15, 0.2) is 12.4 Å². The van der Waals surface area contributed by atoms with E-state index in [2.05, 4.69) is 0 Å². The molecule has 0 aliphatic carbocycles. The first-order valence-corrected chi connectivity index (χ1v) is 13.6. The molecule has 40 heavy (non-hydrogen) atoms. The smallest absolute Gasteiger partial charge is 0.303 e. The Morgan fingerprint density at radius 3 is 1.75 bits per heavy atom. The van der Waals surface area contributed by atoms with E-state index in [1.165, 1.54) is 6.92 Å². The number of benzene rings is 3. The van der Waals surface area contributed by atoms with Gasteiger partial charge in [0.25, 0.3) is 0 Å². The molecule has 2 aliphatic heterocycles. The first-order chi connectivity index (χ1) is 19.7. The average molecular weight is 549 g/mol. The van der Waals surface area contributed by atoms with Gasteiger partial charge in [0, 0.05) is 6.92 Å². The lowest BCUT2D eigenvalue weighted by atomic mass is 9.98. The fourth-order valence-electron chi connectivity index (χ4n) is 4.62. The summed E-state index contributed by atoms with van der Waals surface area (Å²) in [7, 11) is 0. The Hall–Kier alpha value is -3.11.